The van der Waals surface area contributed by atoms with Crippen molar-refractivity contribution in [2.45, 2.75) is 38.0 Å². The summed E-state index contributed by atoms with van der Waals surface area (Å²) in [6.45, 7) is 2.62. The number of rotatable bonds is 4. The van der Waals surface area contributed by atoms with Gasteiger partial charge in [-0.2, -0.15) is 0 Å². The summed E-state index contributed by atoms with van der Waals surface area (Å²) in [5.41, 5.74) is 0.508. The van der Waals surface area contributed by atoms with Crippen LogP contribution in [-0.2, 0) is 17.0 Å². The molecular weight excluding hydrogens is 258 g/mol. The quantitative estimate of drug-likeness (QED) is 0.764. The molecule has 0 aliphatic carbocycles. The van der Waals surface area contributed by atoms with Gasteiger partial charge in [-0.05, 0) is 30.9 Å². The highest BCUT2D eigenvalue weighted by Crippen LogP contribution is 2.35. The number of carbonyl (C=O) groups is 1. The average Bonchev–Trinajstić information content (AvgIpc) is 2.47. The van der Waals surface area contributed by atoms with Crippen LogP contribution in [0.25, 0.3) is 0 Å². The van der Waals surface area contributed by atoms with E-state index in [4.69, 9.17) is 5.11 Å². The van der Waals surface area contributed by atoms with Gasteiger partial charge in [-0.15, -0.1) is 0 Å². The maximum Gasteiger partial charge on any atom is 0.320 e. The Bertz CT molecular complexity index is 481. The molecule has 1 heterocycles. The van der Waals surface area contributed by atoms with Crippen molar-refractivity contribution in [1.29, 1.82) is 0 Å². The first-order valence-electron chi connectivity index (χ1n) is 6.86. The Labute approximate surface area is 118 Å². The SMILES string of the molecule is C[C@H](C(=O)O)N1CCC(O)(c2ccccc2CO)CC1. The Morgan fingerprint density at radius 1 is 1.35 bits per heavy atom. The van der Waals surface area contributed by atoms with E-state index in [1.54, 1.807) is 13.0 Å². The summed E-state index contributed by atoms with van der Waals surface area (Å²) in [6, 6.07) is 6.78. The summed E-state index contributed by atoms with van der Waals surface area (Å²) >= 11 is 0. The molecule has 1 fully saturated rings. The summed E-state index contributed by atoms with van der Waals surface area (Å²) in [7, 11) is 0. The third-order valence-electron chi connectivity index (χ3n) is 4.22. The van der Waals surface area contributed by atoms with Crippen molar-refractivity contribution in [1.82, 2.24) is 4.90 Å². The number of aliphatic hydroxyl groups is 2. The second-order valence-corrected chi connectivity index (χ2v) is 5.40. The normalized spacial score (nSPS) is 20.6. The molecule has 20 heavy (non-hydrogen) atoms. The molecule has 0 unspecified atom stereocenters. The van der Waals surface area contributed by atoms with E-state index < -0.39 is 17.6 Å². The van der Waals surface area contributed by atoms with Gasteiger partial charge in [0.05, 0.1) is 12.2 Å². The van der Waals surface area contributed by atoms with Gasteiger partial charge in [0.15, 0.2) is 0 Å². The number of benzene rings is 1. The van der Waals surface area contributed by atoms with E-state index in [2.05, 4.69) is 0 Å². The highest BCUT2D eigenvalue weighted by Gasteiger charge is 2.37. The zero-order chi connectivity index (χ0) is 14.8. The fourth-order valence-corrected chi connectivity index (χ4v) is 2.82. The Kier molecular flexibility index (Phi) is 4.42. The minimum absolute atomic E-state index is 0.103. The number of hydrogen-bond acceptors (Lipinski definition) is 4. The molecule has 1 atom stereocenters. The standard InChI is InChI=1S/C15H21NO4/c1-11(14(18)19)16-8-6-15(20,7-9-16)13-5-3-2-4-12(13)10-17/h2-5,11,17,20H,6-10H2,1H3,(H,18,19)/t11-/m1/s1. The Balaban J connectivity index is 2.13. The summed E-state index contributed by atoms with van der Waals surface area (Å²) in [6.07, 6.45) is 0.948. The molecule has 1 aromatic rings. The molecule has 1 aliphatic rings. The van der Waals surface area contributed by atoms with Gasteiger partial charge in [0, 0.05) is 13.1 Å². The molecule has 0 radical (unpaired) electrons. The van der Waals surface area contributed by atoms with Crippen molar-refractivity contribution in [3.8, 4) is 0 Å². The van der Waals surface area contributed by atoms with E-state index in [0.717, 1.165) is 11.1 Å². The molecule has 0 saturated carbocycles. The van der Waals surface area contributed by atoms with Gasteiger partial charge in [0.1, 0.15) is 6.04 Å². The van der Waals surface area contributed by atoms with E-state index in [1.165, 1.54) is 0 Å². The molecule has 0 amide bonds. The van der Waals surface area contributed by atoms with Crippen LogP contribution in [0.3, 0.4) is 0 Å². The lowest BCUT2D eigenvalue weighted by Crippen LogP contribution is -2.48. The van der Waals surface area contributed by atoms with Gasteiger partial charge in [-0.25, -0.2) is 0 Å². The van der Waals surface area contributed by atoms with Crippen LogP contribution in [0.15, 0.2) is 24.3 Å². The fourth-order valence-electron chi connectivity index (χ4n) is 2.82. The summed E-state index contributed by atoms with van der Waals surface area (Å²) < 4.78 is 0. The molecule has 5 heteroatoms. The number of hydrogen-bond donors (Lipinski definition) is 3. The molecule has 1 aliphatic heterocycles. The molecule has 3 N–H and O–H groups in total. The minimum atomic E-state index is -0.978. The predicted molar refractivity (Wildman–Crippen MR) is 74.2 cm³/mol. The molecule has 2 rings (SSSR count). The third kappa shape index (κ3) is 2.85. The number of aliphatic hydroxyl groups excluding tert-OH is 1. The molecular formula is C15H21NO4. The second-order valence-electron chi connectivity index (χ2n) is 5.40. The molecule has 110 valence electrons. The van der Waals surface area contributed by atoms with Crippen LogP contribution in [0.5, 0.6) is 0 Å². The van der Waals surface area contributed by atoms with E-state index >= 15 is 0 Å². The first-order chi connectivity index (χ1) is 9.48. The predicted octanol–water partition coefficient (Wildman–Crippen LogP) is 0.935. The van der Waals surface area contributed by atoms with Crippen molar-refractivity contribution < 1.29 is 20.1 Å². The fraction of sp³-hybridized carbons (Fsp3) is 0.533. The molecule has 5 nitrogen and oxygen atoms in total. The number of aliphatic carboxylic acids is 1. The van der Waals surface area contributed by atoms with Crippen LogP contribution in [0.4, 0.5) is 0 Å². The van der Waals surface area contributed by atoms with E-state index in [0.29, 0.717) is 25.9 Å². The monoisotopic (exact) mass is 279 g/mol. The lowest BCUT2D eigenvalue weighted by Gasteiger charge is -2.40. The van der Waals surface area contributed by atoms with Crippen molar-refractivity contribution in [3.05, 3.63) is 35.4 Å². The maximum absolute atomic E-state index is 11.0. The van der Waals surface area contributed by atoms with E-state index in [1.807, 2.05) is 23.1 Å². The van der Waals surface area contributed by atoms with Gasteiger partial charge >= 0.3 is 5.97 Å². The Morgan fingerprint density at radius 2 is 1.95 bits per heavy atom. The van der Waals surface area contributed by atoms with Crippen molar-refractivity contribution >= 4 is 5.97 Å². The van der Waals surface area contributed by atoms with Crippen LogP contribution in [0.2, 0.25) is 0 Å². The topological polar surface area (TPSA) is 81.0 Å². The largest absolute Gasteiger partial charge is 0.480 e. The summed E-state index contributed by atoms with van der Waals surface area (Å²) in [5.74, 6) is -0.841. The van der Waals surface area contributed by atoms with Crippen molar-refractivity contribution in [2.24, 2.45) is 0 Å². The van der Waals surface area contributed by atoms with Crippen LogP contribution in [-0.4, -0.2) is 45.3 Å². The molecule has 0 bridgehead atoms. The Hall–Kier alpha value is -1.43. The zero-order valence-electron chi connectivity index (χ0n) is 11.6. The van der Waals surface area contributed by atoms with Crippen LogP contribution >= 0.6 is 0 Å². The van der Waals surface area contributed by atoms with Crippen molar-refractivity contribution in [2.75, 3.05) is 13.1 Å². The van der Waals surface area contributed by atoms with Gasteiger partial charge in [0.25, 0.3) is 0 Å². The highest BCUT2D eigenvalue weighted by atomic mass is 16.4. The van der Waals surface area contributed by atoms with Gasteiger partial charge in [-0.1, -0.05) is 24.3 Å². The summed E-state index contributed by atoms with van der Waals surface area (Å²) in [5, 5.41) is 29.2. The third-order valence-corrected chi connectivity index (χ3v) is 4.22. The molecule has 0 spiro atoms. The van der Waals surface area contributed by atoms with Gasteiger partial charge < -0.3 is 15.3 Å². The second kappa shape index (κ2) is 5.91. The van der Waals surface area contributed by atoms with Crippen LogP contribution < -0.4 is 0 Å². The molecule has 0 aromatic heterocycles. The van der Waals surface area contributed by atoms with Gasteiger partial charge in [-0.3, -0.25) is 9.69 Å². The Morgan fingerprint density at radius 3 is 2.50 bits per heavy atom. The summed E-state index contributed by atoms with van der Waals surface area (Å²) in [4.78, 5) is 12.9. The number of piperidine rings is 1. The van der Waals surface area contributed by atoms with E-state index in [-0.39, 0.29) is 6.61 Å². The number of nitrogens with zero attached hydrogens (tertiary/aromatic N) is 1. The number of carboxylic acids is 1. The minimum Gasteiger partial charge on any atom is -0.480 e. The zero-order valence-corrected chi connectivity index (χ0v) is 11.6. The first-order valence-corrected chi connectivity index (χ1v) is 6.86. The number of carboxylic acid groups (broad SMARTS) is 1. The molecule has 1 aromatic carbocycles. The lowest BCUT2D eigenvalue weighted by atomic mass is 9.81. The number of likely N-dealkylation sites (tertiary alicyclic amines) is 1. The lowest BCUT2D eigenvalue weighted by molar-refractivity contribution is -0.144. The van der Waals surface area contributed by atoms with Crippen molar-refractivity contribution in [3.63, 3.8) is 0 Å². The molecule has 1 saturated heterocycles. The van der Waals surface area contributed by atoms with Gasteiger partial charge in [0.2, 0.25) is 0 Å². The average molecular weight is 279 g/mol. The first kappa shape index (κ1) is 15.0. The highest BCUT2D eigenvalue weighted by molar-refractivity contribution is 5.72. The van der Waals surface area contributed by atoms with Crippen LogP contribution in [0, 0.1) is 0 Å². The smallest absolute Gasteiger partial charge is 0.320 e. The van der Waals surface area contributed by atoms with Crippen LogP contribution in [0.1, 0.15) is 30.9 Å². The maximum atomic E-state index is 11.0. The van der Waals surface area contributed by atoms with E-state index in [9.17, 15) is 15.0 Å².